The Kier molecular flexibility index (Phi) is 17.1. The van der Waals surface area contributed by atoms with Crippen LogP contribution in [0.5, 0.6) is 0 Å². The van der Waals surface area contributed by atoms with Crippen LogP contribution in [0.15, 0.2) is 24.3 Å². The Morgan fingerprint density at radius 1 is 0.826 bits per heavy atom. The average molecular weight is 330 g/mol. The highest BCUT2D eigenvalue weighted by Gasteiger charge is 2.02. The molecule has 0 aromatic heterocycles. The summed E-state index contributed by atoms with van der Waals surface area (Å²) in [6, 6.07) is 0. The summed E-state index contributed by atoms with van der Waals surface area (Å²) in [5, 5.41) is 16.8. The number of ether oxygens (including phenoxy) is 2. The molecule has 0 rings (SSSR count). The Morgan fingerprint density at radius 3 is 1.61 bits per heavy atom. The van der Waals surface area contributed by atoms with Gasteiger partial charge in [0.15, 0.2) is 0 Å². The molecule has 0 saturated carbocycles. The van der Waals surface area contributed by atoms with Crippen LogP contribution >= 0.6 is 0 Å². The highest BCUT2D eigenvalue weighted by atomic mass is 16.5. The van der Waals surface area contributed by atoms with E-state index in [4.69, 9.17) is 19.7 Å². The number of carboxylic acid groups (broad SMARTS) is 2. The molecule has 0 aliphatic carbocycles. The third kappa shape index (κ3) is 18.3. The maximum atomic E-state index is 10.3. The number of carboxylic acids is 2. The lowest BCUT2D eigenvalue weighted by Gasteiger charge is -2.01. The number of aliphatic carboxylic acids is 2. The van der Waals surface area contributed by atoms with Crippen LogP contribution in [0.2, 0.25) is 0 Å². The Hall–Kier alpha value is -1.66. The minimum absolute atomic E-state index is 0.254. The van der Waals surface area contributed by atoms with E-state index < -0.39 is 11.9 Å². The number of hydrogen-bond donors (Lipinski definition) is 2. The standard InChI is InChI=1S/C9H16O3.C8H14O3/c1-3-6-12-7-4-5-8(2)9(10)11;1-3-11-6-4-5-7(2)8(9)10/h2-7H2,1H3,(H,10,11);2-6H2,1H3,(H,9,10). The lowest BCUT2D eigenvalue weighted by molar-refractivity contribution is -0.133. The Labute approximate surface area is 138 Å². The van der Waals surface area contributed by atoms with Crippen LogP contribution < -0.4 is 0 Å². The summed E-state index contributed by atoms with van der Waals surface area (Å²) in [7, 11) is 0. The van der Waals surface area contributed by atoms with E-state index in [0.717, 1.165) is 25.9 Å². The van der Waals surface area contributed by atoms with Crippen molar-refractivity contribution in [3.05, 3.63) is 24.3 Å². The molecule has 0 radical (unpaired) electrons. The van der Waals surface area contributed by atoms with Crippen LogP contribution in [0, 0.1) is 0 Å². The molecule has 0 aromatic rings. The van der Waals surface area contributed by atoms with E-state index in [9.17, 15) is 9.59 Å². The van der Waals surface area contributed by atoms with Crippen LogP contribution in [-0.4, -0.2) is 48.6 Å². The van der Waals surface area contributed by atoms with E-state index in [0.29, 0.717) is 32.7 Å². The van der Waals surface area contributed by atoms with Gasteiger partial charge in [-0.15, -0.1) is 0 Å². The maximum Gasteiger partial charge on any atom is 0.330 e. The highest BCUT2D eigenvalue weighted by Crippen LogP contribution is 2.02. The minimum Gasteiger partial charge on any atom is -0.478 e. The van der Waals surface area contributed by atoms with Gasteiger partial charge < -0.3 is 19.7 Å². The first-order valence-electron chi connectivity index (χ1n) is 7.84. The van der Waals surface area contributed by atoms with Gasteiger partial charge in [-0.1, -0.05) is 20.1 Å². The van der Waals surface area contributed by atoms with Gasteiger partial charge in [0.2, 0.25) is 0 Å². The molecule has 134 valence electrons. The van der Waals surface area contributed by atoms with E-state index in [2.05, 4.69) is 13.2 Å². The van der Waals surface area contributed by atoms with Gasteiger partial charge in [0.25, 0.3) is 0 Å². The predicted octanol–water partition coefficient (Wildman–Crippen LogP) is 3.28. The molecule has 23 heavy (non-hydrogen) atoms. The second-order valence-electron chi connectivity index (χ2n) is 4.83. The number of hydrogen-bond acceptors (Lipinski definition) is 4. The van der Waals surface area contributed by atoms with Crippen molar-refractivity contribution in [2.45, 2.75) is 46.0 Å². The molecule has 0 fully saturated rings. The topological polar surface area (TPSA) is 93.1 Å². The molecular weight excluding hydrogens is 300 g/mol. The Morgan fingerprint density at radius 2 is 1.26 bits per heavy atom. The summed E-state index contributed by atoms with van der Waals surface area (Å²) < 4.78 is 10.2. The predicted molar refractivity (Wildman–Crippen MR) is 89.6 cm³/mol. The minimum atomic E-state index is -0.915. The lowest BCUT2D eigenvalue weighted by atomic mass is 10.2. The van der Waals surface area contributed by atoms with Crippen molar-refractivity contribution >= 4 is 11.9 Å². The SMILES string of the molecule is C=C(CCCOCC)C(=O)O.C=C(CCCOCCC)C(=O)O. The van der Waals surface area contributed by atoms with Crippen LogP contribution in [-0.2, 0) is 19.1 Å². The molecule has 6 nitrogen and oxygen atoms in total. The van der Waals surface area contributed by atoms with Crippen molar-refractivity contribution in [2.75, 3.05) is 26.4 Å². The van der Waals surface area contributed by atoms with Crippen molar-refractivity contribution < 1.29 is 29.3 Å². The molecular formula is C17H30O6. The van der Waals surface area contributed by atoms with Gasteiger partial charge in [-0.3, -0.25) is 0 Å². The van der Waals surface area contributed by atoms with Crippen LogP contribution in [0.4, 0.5) is 0 Å². The number of carbonyl (C=O) groups is 2. The van der Waals surface area contributed by atoms with Crippen LogP contribution in [0.1, 0.15) is 46.0 Å². The summed E-state index contributed by atoms with van der Waals surface area (Å²) in [6.45, 7) is 13.4. The zero-order chi connectivity index (χ0) is 18.1. The first kappa shape index (κ1) is 23.6. The summed E-state index contributed by atoms with van der Waals surface area (Å²) in [6.07, 6.45) is 3.50. The second-order valence-corrected chi connectivity index (χ2v) is 4.83. The van der Waals surface area contributed by atoms with Gasteiger partial charge in [0, 0.05) is 37.6 Å². The summed E-state index contributed by atoms with van der Waals surface area (Å²) in [5.74, 6) is -1.83. The third-order valence-corrected chi connectivity index (χ3v) is 2.69. The Bertz CT molecular complexity index is 362. The molecule has 0 bridgehead atoms. The molecule has 0 spiro atoms. The second kappa shape index (κ2) is 16.7. The first-order valence-corrected chi connectivity index (χ1v) is 7.84. The molecule has 0 unspecified atom stereocenters. The van der Waals surface area contributed by atoms with Crippen molar-refractivity contribution in [1.82, 2.24) is 0 Å². The van der Waals surface area contributed by atoms with Gasteiger partial charge in [0.05, 0.1) is 0 Å². The van der Waals surface area contributed by atoms with E-state index in [1.54, 1.807) is 0 Å². The van der Waals surface area contributed by atoms with Crippen molar-refractivity contribution in [1.29, 1.82) is 0 Å². The normalized spacial score (nSPS) is 9.65. The largest absolute Gasteiger partial charge is 0.478 e. The van der Waals surface area contributed by atoms with E-state index in [1.165, 1.54) is 0 Å². The summed E-state index contributed by atoms with van der Waals surface area (Å²) >= 11 is 0. The van der Waals surface area contributed by atoms with Crippen molar-refractivity contribution in [3.8, 4) is 0 Å². The molecule has 0 aliphatic heterocycles. The molecule has 6 heteroatoms. The van der Waals surface area contributed by atoms with E-state index in [-0.39, 0.29) is 11.1 Å². The fourth-order valence-corrected chi connectivity index (χ4v) is 1.38. The molecule has 0 aromatic carbocycles. The van der Waals surface area contributed by atoms with Crippen molar-refractivity contribution in [3.63, 3.8) is 0 Å². The zero-order valence-corrected chi connectivity index (χ0v) is 14.3. The van der Waals surface area contributed by atoms with E-state index in [1.807, 2.05) is 13.8 Å². The molecule has 0 amide bonds. The molecule has 0 saturated heterocycles. The summed E-state index contributed by atoms with van der Waals surface area (Å²) in [5.41, 5.74) is 0.514. The fraction of sp³-hybridized carbons (Fsp3) is 0.647. The zero-order valence-electron chi connectivity index (χ0n) is 14.3. The Balaban J connectivity index is 0. The van der Waals surface area contributed by atoms with Gasteiger partial charge in [0.1, 0.15) is 0 Å². The monoisotopic (exact) mass is 330 g/mol. The quantitative estimate of drug-likeness (QED) is 0.398. The van der Waals surface area contributed by atoms with Crippen LogP contribution in [0.25, 0.3) is 0 Å². The smallest absolute Gasteiger partial charge is 0.330 e. The van der Waals surface area contributed by atoms with E-state index >= 15 is 0 Å². The van der Waals surface area contributed by atoms with Gasteiger partial charge in [-0.25, -0.2) is 9.59 Å². The highest BCUT2D eigenvalue weighted by molar-refractivity contribution is 5.85. The lowest BCUT2D eigenvalue weighted by Crippen LogP contribution is -2.01. The van der Waals surface area contributed by atoms with Crippen molar-refractivity contribution in [2.24, 2.45) is 0 Å². The van der Waals surface area contributed by atoms with Gasteiger partial charge in [-0.05, 0) is 39.0 Å². The fourth-order valence-electron chi connectivity index (χ4n) is 1.38. The molecule has 0 heterocycles. The third-order valence-electron chi connectivity index (χ3n) is 2.69. The summed E-state index contributed by atoms with van der Waals surface area (Å²) in [4.78, 5) is 20.5. The molecule has 0 aliphatic rings. The average Bonchev–Trinajstić information content (AvgIpc) is 2.51. The van der Waals surface area contributed by atoms with Gasteiger partial charge >= 0.3 is 11.9 Å². The number of rotatable bonds is 13. The molecule has 0 atom stereocenters. The first-order chi connectivity index (χ1) is 10.9. The maximum absolute atomic E-state index is 10.3. The van der Waals surface area contributed by atoms with Crippen LogP contribution in [0.3, 0.4) is 0 Å². The van der Waals surface area contributed by atoms with Gasteiger partial charge in [-0.2, -0.15) is 0 Å². The molecule has 2 N–H and O–H groups in total.